The molecule has 17 heavy (non-hydrogen) atoms. The van der Waals surface area contributed by atoms with E-state index in [0.29, 0.717) is 24.0 Å². The Kier molecular flexibility index (Phi) is 4.15. The van der Waals surface area contributed by atoms with Gasteiger partial charge >= 0.3 is 0 Å². The molecule has 1 atom stereocenters. The van der Waals surface area contributed by atoms with E-state index in [-0.39, 0.29) is 5.78 Å². The van der Waals surface area contributed by atoms with E-state index in [0.717, 1.165) is 25.9 Å². The van der Waals surface area contributed by atoms with Gasteiger partial charge in [-0.15, -0.1) is 0 Å². The molecule has 1 aromatic rings. The van der Waals surface area contributed by atoms with Gasteiger partial charge in [-0.25, -0.2) is 0 Å². The monoisotopic (exact) mass is 234 g/mol. The van der Waals surface area contributed by atoms with Crippen LogP contribution in [0.1, 0.15) is 36.5 Å². The summed E-state index contributed by atoms with van der Waals surface area (Å²) in [6.07, 6.45) is 3.50. The minimum Gasteiger partial charge on any atom is -0.493 e. The molecule has 0 bridgehead atoms. The molecule has 3 heteroatoms. The molecule has 1 saturated heterocycles. The summed E-state index contributed by atoms with van der Waals surface area (Å²) in [7, 11) is 0. The van der Waals surface area contributed by atoms with Crippen LogP contribution in [-0.2, 0) is 4.74 Å². The summed E-state index contributed by atoms with van der Waals surface area (Å²) in [6, 6.07) is 7.37. The van der Waals surface area contributed by atoms with Crippen molar-refractivity contribution in [1.29, 1.82) is 0 Å². The Bertz CT molecular complexity index is 381. The lowest BCUT2D eigenvalue weighted by Crippen LogP contribution is -2.11. The van der Waals surface area contributed by atoms with E-state index in [1.807, 2.05) is 18.2 Å². The molecular formula is C14H18O3. The summed E-state index contributed by atoms with van der Waals surface area (Å²) in [5.41, 5.74) is 0.653. The van der Waals surface area contributed by atoms with Crippen LogP contribution in [0.25, 0.3) is 0 Å². The Labute approximate surface area is 102 Å². The van der Waals surface area contributed by atoms with Crippen molar-refractivity contribution in [2.75, 3.05) is 13.2 Å². The zero-order valence-electron chi connectivity index (χ0n) is 10.1. The average Bonchev–Trinajstić information content (AvgIpc) is 2.82. The van der Waals surface area contributed by atoms with Gasteiger partial charge in [-0.1, -0.05) is 12.1 Å². The van der Waals surface area contributed by atoms with Crippen molar-refractivity contribution >= 4 is 5.78 Å². The first kappa shape index (κ1) is 12.1. The smallest absolute Gasteiger partial charge is 0.163 e. The second-order valence-corrected chi connectivity index (χ2v) is 4.32. The third-order valence-electron chi connectivity index (χ3n) is 2.99. The summed E-state index contributed by atoms with van der Waals surface area (Å²) >= 11 is 0. The third-order valence-corrected chi connectivity index (χ3v) is 2.99. The molecule has 92 valence electrons. The number of hydrogen-bond acceptors (Lipinski definition) is 3. The summed E-state index contributed by atoms with van der Waals surface area (Å²) in [5, 5.41) is 0. The topological polar surface area (TPSA) is 35.5 Å². The van der Waals surface area contributed by atoms with E-state index in [9.17, 15) is 4.79 Å². The predicted molar refractivity (Wildman–Crippen MR) is 65.5 cm³/mol. The highest BCUT2D eigenvalue weighted by Crippen LogP contribution is 2.20. The molecule has 1 heterocycles. The van der Waals surface area contributed by atoms with Crippen molar-refractivity contribution in [3.63, 3.8) is 0 Å². The predicted octanol–water partition coefficient (Wildman–Crippen LogP) is 2.84. The molecule has 2 rings (SSSR count). The molecule has 3 nitrogen and oxygen atoms in total. The summed E-state index contributed by atoms with van der Waals surface area (Å²) < 4.78 is 11.2. The number of benzene rings is 1. The largest absolute Gasteiger partial charge is 0.493 e. The van der Waals surface area contributed by atoms with Crippen LogP contribution in [0, 0.1) is 0 Å². The Hall–Kier alpha value is -1.35. The highest BCUT2D eigenvalue weighted by atomic mass is 16.5. The second kappa shape index (κ2) is 5.82. The lowest BCUT2D eigenvalue weighted by atomic mass is 10.1. The fourth-order valence-electron chi connectivity index (χ4n) is 2.06. The number of Topliss-reactive ketones (excluding diaryl/α,β-unsaturated/α-hetero) is 1. The fraction of sp³-hybridized carbons (Fsp3) is 0.500. The van der Waals surface area contributed by atoms with E-state index in [1.165, 1.54) is 0 Å². The average molecular weight is 234 g/mol. The number of rotatable bonds is 5. The Morgan fingerprint density at radius 3 is 3.00 bits per heavy atom. The van der Waals surface area contributed by atoms with Crippen LogP contribution < -0.4 is 4.74 Å². The lowest BCUT2D eigenvalue weighted by Gasteiger charge is -2.12. The Morgan fingerprint density at radius 2 is 2.29 bits per heavy atom. The molecule has 1 aliphatic rings. The Morgan fingerprint density at radius 1 is 1.47 bits per heavy atom. The summed E-state index contributed by atoms with van der Waals surface area (Å²) in [5.74, 6) is 0.718. The van der Waals surface area contributed by atoms with Crippen LogP contribution >= 0.6 is 0 Å². The van der Waals surface area contributed by atoms with Gasteiger partial charge in [0.2, 0.25) is 0 Å². The molecule has 1 fully saturated rings. The third kappa shape index (κ3) is 3.30. The molecule has 1 aliphatic heterocycles. The van der Waals surface area contributed by atoms with Gasteiger partial charge < -0.3 is 9.47 Å². The molecule has 0 N–H and O–H groups in total. The van der Waals surface area contributed by atoms with E-state index >= 15 is 0 Å². The molecule has 0 aromatic heterocycles. The van der Waals surface area contributed by atoms with Crippen molar-refractivity contribution in [1.82, 2.24) is 0 Å². The highest BCUT2D eigenvalue weighted by Gasteiger charge is 2.15. The van der Waals surface area contributed by atoms with Gasteiger partial charge in [0.05, 0.1) is 18.3 Å². The molecule has 0 radical (unpaired) electrons. The van der Waals surface area contributed by atoms with Gasteiger partial charge in [0.1, 0.15) is 5.75 Å². The number of para-hydroxylation sites is 1. The highest BCUT2D eigenvalue weighted by molar-refractivity contribution is 5.96. The van der Waals surface area contributed by atoms with Crippen LogP contribution in [0.3, 0.4) is 0 Å². The zero-order valence-corrected chi connectivity index (χ0v) is 10.1. The van der Waals surface area contributed by atoms with E-state index in [4.69, 9.17) is 9.47 Å². The Balaban J connectivity index is 1.87. The lowest BCUT2D eigenvalue weighted by molar-refractivity contribution is 0.0898. The van der Waals surface area contributed by atoms with E-state index in [2.05, 4.69) is 0 Å². The van der Waals surface area contributed by atoms with Gasteiger partial charge in [0.15, 0.2) is 5.78 Å². The summed E-state index contributed by atoms with van der Waals surface area (Å²) in [6.45, 7) is 3.03. The van der Waals surface area contributed by atoms with Gasteiger partial charge in [0.25, 0.3) is 0 Å². The standard InChI is InChI=1S/C14H18O3/c1-11(15)13-6-2-3-7-14(13)17-10-8-12-5-4-9-16-12/h2-3,6-7,12H,4-5,8-10H2,1H3. The molecule has 0 amide bonds. The first-order chi connectivity index (χ1) is 8.27. The van der Waals surface area contributed by atoms with Crippen molar-refractivity contribution < 1.29 is 14.3 Å². The molecule has 0 aliphatic carbocycles. The number of ketones is 1. The first-order valence-electron chi connectivity index (χ1n) is 6.12. The zero-order chi connectivity index (χ0) is 12.1. The number of carbonyl (C=O) groups excluding carboxylic acids is 1. The maximum Gasteiger partial charge on any atom is 0.163 e. The molecular weight excluding hydrogens is 216 g/mol. The summed E-state index contributed by atoms with van der Waals surface area (Å²) in [4.78, 5) is 11.4. The number of ether oxygens (including phenoxy) is 2. The SMILES string of the molecule is CC(=O)c1ccccc1OCCC1CCCO1. The molecule has 1 aromatic carbocycles. The maximum atomic E-state index is 11.4. The molecule has 0 spiro atoms. The minimum atomic E-state index is 0.0396. The fourth-order valence-corrected chi connectivity index (χ4v) is 2.06. The van der Waals surface area contributed by atoms with Crippen LogP contribution in [-0.4, -0.2) is 25.1 Å². The van der Waals surface area contributed by atoms with Gasteiger partial charge in [0, 0.05) is 13.0 Å². The van der Waals surface area contributed by atoms with Crippen LogP contribution in [0.15, 0.2) is 24.3 Å². The van der Waals surface area contributed by atoms with Crippen LogP contribution in [0.4, 0.5) is 0 Å². The van der Waals surface area contributed by atoms with Crippen molar-refractivity contribution in [3.05, 3.63) is 29.8 Å². The molecule has 0 saturated carbocycles. The van der Waals surface area contributed by atoms with Crippen LogP contribution in [0.5, 0.6) is 5.75 Å². The first-order valence-corrected chi connectivity index (χ1v) is 6.12. The number of hydrogen-bond donors (Lipinski definition) is 0. The maximum absolute atomic E-state index is 11.4. The van der Waals surface area contributed by atoms with Crippen molar-refractivity contribution in [2.45, 2.75) is 32.3 Å². The van der Waals surface area contributed by atoms with Crippen molar-refractivity contribution in [3.8, 4) is 5.75 Å². The van der Waals surface area contributed by atoms with Gasteiger partial charge in [-0.05, 0) is 31.9 Å². The van der Waals surface area contributed by atoms with E-state index < -0.39 is 0 Å². The van der Waals surface area contributed by atoms with Gasteiger partial charge in [-0.2, -0.15) is 0 Å². The van der Waals surface area contributed by atoms with Crippen molar-refractivity contribution in [2.24, 2.45) is 0 Å². The van der Waals surface area contributed by atoms with Crippen LogP contribution in [0.2, 0.25) is 0 Å². The normalized spacial score (nSPS) is 19.2. The number of carbonyl (C=O) groups is 1. The minimum absolute atomic E-state index is 0.0396. The quantitative estimate of drug-likeness (QED) is 0.735. The van der Waals surface area contributed by atoms with Gasteiger partial charge in [-0.3, -0.25) is 4.79 Å². The molecule has 1 unspecified atom stereocenters. The second-order valence-electron chi connectivity index (χ2n) is 4.32. The van der Waals surface area contributed by atoms with E-state index in [1.54, 1.807) is 13.0 Å².